The summed E-state index contributed by atoms with van der Waals surface area (Å²) in [4.78, 5) is 2.24. The van der Waals surface area contributed by atoms with Gasteiger partial charge in [0, 0.05) is 11.7 Å². The van der Waals surface area contributed by atoms with Crippen molar-refractivity contribution in [1.29, 1.82) is 0 Å². The second-order valence-corrected chi connectivity index (χ2v) is 4.77. The van der Waals surface area contributed by atoms with E-state index in [1.807, 2.05) is 37.3 Å². The largest absolute Gasteiger partial charge is 0.465 e. The summed E-state index contributed by atoms with van der Waals surface area (Å²) in [5.74, 6) is 1.95. The van der Waals surface area contributed by atoms with Crippen LogP contribution in [0.3, 0.4) is 0 Å². The maximum absolute atomic E-state index is 5.82. The van der Waals surface area contributed by atoms with Crippen molar-refractivity contribution in [3.63, 3.8) is 0 Å². The van der Waals surface area contributed by atoms with Gasteiger partial charge in [-0.15, -0.1) is 0 Å². The molecular formula is C15H20N2O. The van der Waals surface area contributed by atoms with E-state index in [9.17, 15) is 0 Å². The van der Waals surface area contributed by atoms with Crippen LogP contribution in [0.5, 0.6) is 0 Å². The molecule has 0 bridgehead atoms. The molecule has 0 saturated heterocycles. The minimum absolute atomic E-state index is 0.305. The number of furan rings is 1. The third-order valence-electron chi connectivity index (χ3n) is 3.26. The number of nitrogens with zero attached hydrogens (tertiary/aromatic N) is 1. The van der Waals surface area contributed by atoms with E-state index >= 15 is 0 Å². The monoisotopic (exact) mass is 244 g/mol. The number of anilines is 1. The molecule has 0 amide bonds. The Bertz CT molecular complexity index is 519. The van der Waals surface area contributed by atoms with Gasteiger partial charge in [-0.25, -0.2) is 0 Å². The molecule has 0 spiro atoms. The molecule has 1 heterocycles. The van der Waals surface area contributed by atoms with Gasteiger partial charge in [0.1, 0.15) is 11.5 Å². The van der Waals surface area contributed by atoms with E-state index in [-0.39, 0.29) is 0 Å². The molecule has 1 aromatic carbocycles. The van der Waals surface area contributed by atoms with Crippen molar-refractivity contribution in [2.45, 2.75) is 26.4 Å². The molecule has 18 heavy (non-hydrogen) atoms. The van der Waals surface area contributed by atoms with Crippen LogP contribution < -0.4 is 5.73 Å². The van der Waals surface area contributed by atoms with Crippen molar-refractivity contribution in [2.75, 3.05) is 12.8 Å². The van der Waals surface area contributed by atoms with Gasteiger partial charge in [0.05, 0.1) is 6.54 Å². The fourth-order valence-corrected chi connectivity index (χ4v) is 2.03. The zero-order chi connectivity index (χ0) is 13.1. The van der Waals surface area contributed by atoms with Gasteiger partial charge in [-0.3, -0.25) is 4.90 Å². The third kappa shape index (κ3) is 2.93. The van der Waals surface area contributed by atoms with E-state index < -0.39 is 0 Å². The third-order valence-corrected chi connectivity index (χ3v) is 3.26. The minimum Gasteiger partial charge on any atom is -0.465 e. The lowest BCUT2D eigenvalue weighted by Crippen LogP contribution is -2.21. The quantitative estimate of drug-likeness (QED) is 0.838. The first-order valence-electron chi connectivity index (χ1n) is 6.17. The van der Waals surface area contributed by atoms with E-state index in [0.29, 0.717) is 6.04 Å². The fraction of sp³-hybridized carbons (Fsp3) is 0.333. The number of benzene rings is 1. The molecule has 1 unspecified atom stereocenters. The molecule has 0 radical (unpaired) electrons. The summed E-state index contributed by atoms with van der Waals surface area (Å²) in [6.07, 6.45) is 0. The summed E-state index contributed by atoms with van der Waals surface area (Å²) in [5, 5.41) is 0. The molecule has 0 aliphatic heterocycles. The molecule has 0 saturated carbocycles. The molecule has 0 aliphatic carbocycles. The van der Waals surface area contributed by atoms with Gasteiger partial charge in [0.2, 0.25) is 0 Å². The van der Waals surface area contributed by atoms with Gasteiger partial charge in [0.25, 0.3) is 0 Å². The van der Waals surface area contributed by atoms with Crippen LogP contribution in [0.15, 0.2) is 40.8 Å². The highest BCUT2D eigenvalue weighted by Crippen LogP contribution is 2.22. The van der Waals surface area contributed by atoms with E-state index in [0.717, 1.165) is 23.8 Å². The molecular weight excluding hydrogens is 224 g/mol. The highest BCUT2D eigenvalue weighted by atomic mass is 16.3. The number of nitrogen functional groups attached to an aromatic ring is 1. The van der Waals surface area contributed by atoms with E-state index in [4.69, 9.17) is 10.2 Å². The van der Waals surface area contributed by atoms with Gasteiger partial charge in [-0.2, -0.15) is 0 Å². The molecule has 2 N–H and O–H groups in total. The Hall–Kier alpha value is -1.74. The predicted octanol–water partition coefficient (Wildman–Crippen LogP) is 3.36. The summed E-state index contributed by atoms with van der Waals surface area (Å²) in [6, 6.07) is 12.4. The molecule has 3 heteroatoms. The summed E-state index contributed by atoms with van der Waals surface area (Å²) in [6.45, 7) is 4.93. The molecule has 0 fully saturated rings. The van der Waals surface area contributed by atoms with Crippen molar-refractivity contribution in [1.82, 2.24) is 4.90 Å². The summed E-state index contributed by atoms with van der Waals surface area (Å²) >= 11 is 0. The first-order chi connectivity index (χ1) is 8.56. The Balaban J connectivity index is 2.06. The molecule has 96 valence electrons. The number of hydrogen-bond donors (Lipinski definition) is 1. The topological polar surface area (TPSA) is 42.4 Å². The molecule has 2 aromatic rings. The van der Waals surface area contributed by atoms with Crippen LogP contribution >= 0.6 is 0 Å². The van der Waals surface area contributed by atoms with Crippen LogP contribution in [0.2, 0.25) is 0 Å². The molecule has 0 aliphatic rings. The summed E-state index contributed by atoms with van der Waals surface area (Å²) < 4.78 is 5.60. The predicted molar refractivity (Wildman–Crippen MR) is 74.2 cm³/mol. The average Bonchev–Trinajstić information content (AvgIpc) is 2.73. The molecule has 1 aromatic heterocycles. The van der Waals surface area contributed by atoms with Gasteiger partial charge in [-0.1, -0.05) is 12.1 Å². The lowest BCUT2D eigenvalue weighted by molar-refractivity contribution is 0.231. The summed E-state index contributed by atoms with van der Waals surface area (Å²) in [5.41, 5.74) is 7.85. The molecule has 3 nitrogen and oxygen atoms in total. The Morgan fingerprint density at radius 3 is 2.67 bits per heavy atom. The lowest BCUT2D eigenvalue weighted by atomic mass is 10.1. The van der Waals surface area contributed by atoms with Crippen LogP contribution in [0.1, 0.15) is 30.0 Å². The van der Waals surface area contributed by atoms with Crippen LogP contribution in [0.25, 0.3) is 0 Å². The first kappa shape index (κ1) is 12.7. The van der Waals surface area contributed by atoms with E-state index in [1.54, 1.807) is 0 Å². The van der Waals surface area contributed by atoms with Crippen molar-refractivity contribution in [3.05, 3.63) is 53.5 Å². The van der Waals surface area contributed by atoms with Crippen molar-refractivity contribution in [3.8, 4) is 0 Å². The molecule has 1 atom stereocenters. The Morgan fingerprint density at radius 1 is 1.28 bits per heavy atom. The normalized spacial score (nSPS) is 12.9. The highest BCUT2D eigenvalue weighted by Gasteiger charge is 2.13. The zero-order valence-electron chi connectivity index (χ0n) is 11.2. The van der Waals surface area contributed by atoms with E-state index in [1.165, 1.54) is 5.56 Å². The van der Waals surface area contributed by atoms with Crippen LogP contribution in [-0.2, 0) is 6.54 Å². The van der Waals surface area contributed by atoms with Crippen LogP contribution in [0.4, 0.5) is 5.69 Å². The maximum atomic E-state index is 5.82. The number of aryl methyl sites for hydroxylation is 1. The SMILES string of the molecule is Cc1ccc(CN(C)C(C)c2cccc(N)c2)o1. The fourth-order valence-electron chi connectivity index (χ4n) is 2.03. The van der Waals surface area contributed by atoms with Crippen molar-refractivity contribution in [2.24, 2.45) is 0 Å². The van der Waals surface area contributed by atoms with Crippen molar-refractivity contribution >= 4 is 5.69 Å². The van der Waals surface area contributed by atoms with Crippen molar-refractivity contribution < 1.29 is 4.42 Å². The first-order valence-corrected chi connectivity index (χ1v) is 6.17. The smallest absolute Gasteiger partial charge is 0.118 e. The number of hydrogen-bond acceptors (Lipinski definition) is 3. The number of nitrogens with two attached hydrogens (primary N) is 1. The lowest BCUT2D eigenvalue weighted by Gasteiger charge is -2.24. The standard InChI is InChI=1S/C15H20N2O/c1-11-7-8-15(18-11)10-17(3)12(2)13-5-4-6-14(16)9-13/h4-9,12H,10,16H2,1-3H3. The van der Waals surface area contributed by atoms with Gasteiger partial charge < -0.3 is 10.2 Å². The zero-order valence-corrected chi connectivity index (χ0v) is 11.2. The second kappa shape index (κ2) is 5.27. The Kier molecular flexibility index (Phi) is 3.72. The maximum Gasteiger partial charge on any atom is 0.118 e. The average molecular weight is 244 g/mol. The van der Waals surface area contributed by atoms with Crippen LogP contribution in [-0.4, -0.2) is 11.9 Å². The Morgan fingerprint density at radius 2 is 2.06 bits per heavy atom. The minimum atomic E-state index is 0.305. The Labute approximate surface area is 108 Å². The molecule has 2 rings (SSSR count). The summed E-state index contributed by atoms with van der Waals surface area (Å²) in [7, 11) is 2.09. The van der Waals surface area contributed by atoms with E-state index in [2.05, 4.69) is 24.9 Å². The highest BCUT2D eigenvalue weighted by molar-refractivity contribution is 5.41. The van der Waals surface area contributed by atoms with Gasteiger partial charge in [-0.05, 0) is 50.7 Å². The van der Waals surface area contributed by atoms with Gasteiger partial charge in [0.15, 0.2) is 0 Å². The second-order valence-electron chi connectivity index (χ2n) is 4.77. The van der Waals surface area contributed by atoms with Gasteiger partial charge >= 0.3 is 0 Å². The van der Waals surface area contributed by atoms with Crippen LogP contribution in [0, 0.1) is 6.92 Å². The number of rotatable bonds is 4.